The molecule has 0 aromatic rings. The second-order valence-electron chi connectivity index (χ2n) is 6.91. The normalized spacial score (nSPS) is 25.8. The van der Waals surface area contributed by atoms with E-state index in [-0.39, 0.29) is 0 Å². The first kappa shape index (κ1) is 18.4. The minimum atomic E-state index is -0.780. The molecule has 0 spiro atoms. The van der Waals surface area contributed by atoms with Crippen LogP contribution in [-0.4, -0.2) is 48.2 Å². The summed E-state index contributed by atoms with van der Waals surface area (Å²) in [5.41, 5.74) is -0.780. The Morgan fingerprint density at radius 3 is 2.38 bits per heavy atom. The van der Waals surface area contributed by atoms with E-state index < -0.39 is 11.5 Å². The van der Waals surface area contributed by atoms with E-state index in [1.54, 1.807) is 14.0 Å². The van der Waals surface area contributed by atoms with Crippen LogP contribution < -0.4 is 5.32 Å². The SMILES string of the molecule is CCC1CCC(N(C)CCCCC(C)(NC)C(=O)O)CC1. The van der Waals surface area contributed by atoms with E-state index in [4.69, 9.17) is 0 Å². The highest BCUT2D eigenvalue weighted by molar-refractivity contribution is 5.78. The molecule has 2 N–H and O–H groups in total. The summed E-state index contributed by atoms with van der Waals surface area (Å²) in [6, 6.07) is 0.739. The van der Waals surface area contributed by atoms with Gasteiger partial charge in [-0.1, -0.05) is 13.3 Å². The Bertz CT molecular complexity index is 314. The molecule has 0 amide bonds. The molecule has 4 heteroatoms. The monoisotopic (exact) mass is 298 g/mol. The van der Waals surface area contributed by atoms with Crippen LogP contribution in [0.1, 0.15) is 65.2 Å². The van der Waals surface area contributed by atoms with E-state index in [2.05, 4.69) is 24.2 Å². The topological polar surface area (TPSA) is 52.6 Å². The van der Waals surface area contributed by atoms with Crippen LogP contribution in [-0.2, 0) is 4.79 Å². The quantitative estimate of drug-likeness (QED) is 0.642. The molecule has 4 nitrogen and oxygen atoms in total. The first-order valence-electron chi connectivity index (χ1n) is 8.55. The van der Waals surface area contributed by atoms with E-state index in [1.165, 1.54) is 32.1 Å². The van der Waals surface area contributed by atoms with Crippen LogP contribution in [0.2, 0.25) is 0 Å². The molecular weight excluding hydrogens is 264 g/mol. The van der Waals surface area contributed by atoms with Gasteiger partial charge in [-0.15, -0.1) is 0 Å². The van der Waals surface area contributed by atoms with E-state index in [1.807, 2.05) is 0 Å². The highest BCUT2D eigenvalue weighted by Crippen LogP contribution is 2.29. The Kier molecular flexibility index (Phi) is 7.67. The number of rotatable bonds is 9. The molecule has 1 unspecified atom stereocenters. The summed E-state index contributed by atoms with van der Waals surface area (Å²) in [6.07, 6.45) is 9.47. The molecule has 1 atom stereocenters. The van der Waals surface area contributed by atoms with Crippen molar-refractivity contribution in [2.24, 2.45) is 5.92 Å². The van der Waals surface area contributed by atoms with Gasteiger partial charge in [0.2, 0.25) is 0 Å². The Hall–Kier alpha value is -0.610. The third-order valence-corrected chi connectivity index (χ3v) is 5.48. The van der Waals surface area contributed by atoms with Crippen molar-refractivity contribution in [3.63, 3.8) is 0 Å². The molecule has 0 aromatic carbocycles. The second-order valence-corrected chi connectivity index (χ2v) is 6.91. The lowest BCUT2D eigenvalue weighted by Crippen LogP contribution is -2.47. The Labute approximate surface area is 130 Å². The smallest absolute Gasteiger partial charge is 0.323 e. The summed E-state index contributed by atoms with van der Waals surface area (Å²) < 4.78 is 0. The fourth-order valence-electron chi connectivity index (χ4n) is 3.36. The summed E-state index contributed by atoms with van der Waals surface area (Å²) >= 11 is 0. The van der Waals surface area contributed by atoms with Crippen LogP contribution in [0.15, 0.2) is 0 Å². The highest BCUT2D eigenvalue weighted by atomic mass is 16.4. The number of carboxylic acid groups (broad SMARTS) is 1. The van der Waals surface area contributed by atoms with Gasteiger partial charge in [0, 0.05) is 6.04 Å². The zero-order chi connectivity index (χ0) is 15.9. The molecule has 124 valence electrons. The zero-order valence-corrected chi connectivity index (χ0v) is 14.3. The van der Waals surface area contributed by atoms with Crippen LogP contribution >= 0.6 is 0 Å². The molecular formula is C17H34N2O2. The summed E-state index contributed by atoms with van der Waals surface area (Å²) in [5, 5.41) is 12.1. The molecule has 1 saturated carbocycles. The Morgan fingerprint density at radius 1 is 1.29 bits per heavy atom. The van der Waals surface area contributed by atoms with Crippen molar-refractivity contribution >= 4 is 5.97 Å². The lowest BCUT2D eigenvalue weighted by Gasteiger charge is -2.34. The maximum Gasteiger partial charge on any atom is 0.323 e. The second kappa shape index (κ2) is 8.74. The molecule has 1 fully saturated rings. The predicted octanol–water partition coefficient (Wildman–Crippen LogP) is 3.12. The molecule has 0 aromatic heterocycles. The summed E-state index contributed by atoms with van der Waals surface area (Å²) in [7, 11) is 3.96. The van der Waals surface area contributed by atoms with Gasteiger partial charge < -0.3 is 15.3 Å². The number of carbonyl (C=O) groups is 1. The number of likely N-dealkylation sites (N-methyl/N-ethyl adjacent to an activating group) is 1. The molecule has 0 radical (unpaired) electrons. The largest absolute Gasteiger partial charge is 0.480 e. The summed E-state index contributed by atoms with van der Waals surface area (Å²) in [6.45, 7) is 5.15. The number of aliphatic carboxylic acids is 1. The first-order chi connectivity index (χ1) is 9.92. The third-order valence-electron chi connectivity index (χ3n) is 5.48. The Balaban J connectivity index is 2.22. The molecule has 1 aliphatic carbocycles. The van der Waals surface area contributed by atoms with E-state index >= 15 is 0 Å². The predicted molar refractivity (Wildman–Crippen MR) is 87.6 cm³/mol. The molecule has 0 aliphatic heterocycles. The average molecular weight is 298 g/mol. The number of hydrogen-bond acceptors (Lipinski definition) is 3. The number of nitrogens with zero attached hydrogens (tertiary/aromatic N) is 1. The third kappa shape index (κ3) is 5.59. The van der Waals surface area contributed by atoms with Crippen LogP contribution in [0.5, 0.6) is 0 Å². The average Bonchev–Trinajstić information content (AvgIpc) is 2.50. The van der Waals surface area contributed by atoms with Crippen molar-refractivity contribution in [2.45, 2.75) is 76.8 Å². The van der Waals surface area contributed by atoms with Gasteiger partial charge in [-0.05, 0) is 78.4 Å². The van der Waals surface area contributed by atoms with Crippen LogP contribution in [0.3, 0.4) is 0 Å². The van der Waals surface area contributed by atoms with Crippen molar-refractivity contribution in [1.29, 1.82) is 0 Å². The van der Waals surface area contributed by atoms with E-state index in [0.29, 0.717) is 6.42 Å². The lowest BCUT2D eigenvalue weighted by atomic mass is 9.84. The lowest BCUT2D eigenvalue weighted by molar-refractivity contribution is -0.144. The maximum atomic E-state index is 11.2. The van der Waals surface area contributed by atoms with Crippen molar-refractivity contribution in [3.8, 4) is 0 Å². The van der Waals surface area contributed by atoms with Crippen LogP contribution in [0, 0.1) is 5.92 Å². The molecule has 0 bridgehead atoms. The van der Waals surface area contributed by atoms with E-state index in [9.17, 15) is 9.90 Å². The molecule has 21 heavy (non-hydrogen) atoms. The van der Waals surface area contributed by atoms with Gasteiger partial charge in [-0.3, -0.25) is 4.79 Å². The number of unbranched alkanes of at least 4 members (excludes halogenated alkanes) is 1. The van der Waals surface area contributed by atoms with Crippen molar-refractivity contribution in [3.05, 3.63) is 0 Å². The fourth-order valence-corrected chi connectivity index (χ4v) is 3.36. The molecule has 1 rings (SSSR count). The number of carboxylic acids is 1. The van der Waals surface area contributed by atoms with Gasteiger partial charge in [0.15, 0.2) is 0 Å². The zero-order valence-electron chi connectivity index (χ0n) is 14.3. The van der Waals surface area contributed by atoms with Gasteiger partial charge in [0.05, 0.1) is 0 Å². The number of hydrogen-bond donors (Lipinski definition) is 2. The van der Waals surface area contributed by atoms with Gasteiger partial charge in [-0.25, -0.2) is 0 Å². The van der Waals surface area contributed by atoms with Gasteiger partial charge >= 0.3 is 5.97 Å². The van der Waals surface area contributed by atoms with Gasteiger partial charge in [-0.2, -0.15) is 0 Å². The standard InChI is InChI=1S/C17H34N2O2/c1-5-14-8-10-15(11-9-14)19(4)13-7-6-12-17(2,18-3)16(20)21/h14-15,18H,5-13H2,1-4H3,(H,20,21). The van der Waals surface area contributed by atoms with Crippen LogP contribution in [0.4, 0.5) is 0 Å². The van der Waals surface area contributed by atoms with Gasteiger partial charge in [0.1, 0.15) is 5.54 Å². The van der Waals surface area contributed by atoms with Crippen molar-refractivity contribution in [1.82, 2.24) is 10.2 Å². The maximum absolute atomic E-state index is 11.2. The molecule has 0 saturated heterocycles. The van der Waals surface area contributed by atoms with E-state index in [0.717, 1.165) is 31.3 Å². The van der Waals surface area contributed by atoms with Crippen LogP contribution in [0.25, 0.3) is 0 Å². The Morgan fingerprint density at radius 2 is 1.90 bits per heavy atom. The first-order valence-corrected chi connectivity index (χ1v) is 8.55. The minimum Gasteiger partial charge on any atom is -0.480 e. The minimum absolute atomic E-state index is 0.690. The van der Waals surface area contributed by atoms with Crippen molar-refractivity contribution in [2.75, 3.05) is 20.6 Å². The van der Waals surface area contributed by atoms with Gasteiger partial charge in [0.25, 0.3) is 0 Å². The summed E-state index contributed by atoms with van der Waals surface area (Å²) in [4.78, 5) is 13.7. The van der Waals surface area contributed by atoms with Crippen molar-refractivity contribution < 1.29 is 9.90 Å². The summed E-state index contributed by atoms with van der Waals surface area (Å²) in [5.74, 6) is 0.192. The highest BCUT2D eigenvalue weighted by Gasteiger charge is 2.30. The number of nitrogens with one attached hydrogen (secondary N) is 1. The fraction of sp³-hybridized carbons (Fsp3) is 0.941. The molecule has 1 aliphatic rings. The molecule has 0 heterocycles.